The van der Waals surface area contributed by atoms with Crippen molar-refractivity contribution in [2.45, 2.75) is 52.5 Å². The molecule has 0 spiro atoms. The largest absolute Gasteiger partial charge is 0.300 e. The Kier molecular flexibility index (Phi) is 3.79. The molecule has 1 aromatic heterocycles. The van der Waals surface area contributed by atoms with Crippen LogP contribution in [0, 0.1) is 0 Å². The number of hydrogen-bond donors (Lipinski definition) is 0. The second kappa shape index (κ2) is 4.58. The minimum Gasteiger partial charge on any atom is -0.300 e. The van der Waals surface area contributed by atoms with Gasteiger partial charge in [0.25, 0.3) is 0 Å². The van der Waals surface area contributed by atoms with Crippen molar-refractivity contribution < 1.29 is 4.79 Å². The fourth-order valence-electron chi connectivity index (χ4n) is 2.07. The molecule has 0 aliphatic heterocycles. The third-order valence-corrected chi connectivity index (χ3v) is 2.85. The monoisotopic (exact) mass is 242 g/mol. The van der Waals surface area contributed by atoms with Crippen molar-refractivity contribution in [2.24, 2.45) is 0 Å². The zero-order valence-electron chi connectivity index (χ0n) is 10.5. The molecule has 0 aromatic carbocycles. The van der Waals surface area contributed by atoms with E-state index in [4.69, 9.17) is 11.6 Å². The third kappa shape index (κ3) is 2.64. The van der Waals surface area contributed by atoms with Gasteiger partial charge in [0.15, 0.2) is 0 Å². The maximum Gasteiger partial charge on any atom is 0.130 e. The molecule has 0 aliphatic rings. The van der Waals surface area contributed by atoms with Gasteiger partial charge in [-0.3, -0.25) is 9.48 Å². The van der Waals surface area contributed by atoms with Gasteiger partial charge in [-0.25, -0.2) is 0 Å². The summed E-state index contributed by atoms with van der Waals surface area (Å²) >= 11 is 6.16. The van der Waals surface area contributed by atoms with Gasteiger partial charge in [0, 0.05) is 17.9 Å². The van der Waals surface area contributed by atoms with E-state index in [1.54, 1.807) is 13.1 Å². The van der Waals surface area contributed by atoms with Crippen LogP contribution in [0.25, 0.3) is 0 Å². The van der Waals surface area contributed by atoms with Gasteiger partial charge < -0.3 is 0 Å². The van der Waals surface area contributed by atoms with E-state index in [2.05, 4.69) is 18.9 Å². The summed E-state index contributed by atoms with van der Waals surface area (Å²) in [5, 5.41) is 4.90. The zero-order chi connectivity index (χ0) is 12.5. The van der Waals surface area contributed by atoms with Crippen LogP contribution >= 0.6 is 11.6 Å². The average molecular weight is 243 g/mol. The van der Waals surface area contributed by atoms with Crippen molar-refractivity contribution in [3.8, 4) is 0 Å². The molecule has 0 amide bonds. The summed E-state index contributed by atoms with van der Waals surface area (Å²) < 4.78 is 1.89. The Bertz CT molecular complexity index is 394. The number of nitrogens with zero attached hydrogens (tertiary/aromatic N) is 2. The predicted octanol–water partition coefficient (Wildman–Crippen LogP) is 3.37. The molecule has 0 atom stereocenters. The lowest BCUT2D eigenvalue weighted by Crippen LogP contribution is -2.26. The minimum atomic E-state index is -0.274. The van der Waals surface area contributed by atoms with E-state index in [9.17, 15) is 4.79 Å². The molecule has 0 bridgehead atoms. The Labute approximate surface area is 102 Å². The van der Waals surface area contributed by atoms with E-state index in [0.29, 0.717) is 11.4 Å². The molecule has 3 nitrogen and oxygen atoms in total. The van der Waals surface area contributed by atoms with Gasteiger partial charge in [-0.05, 0) is 20.8 Å². The Balaban J connectivity index is 3.19. The summed E-state index contributed by atoms with van der Waals surface area (Å²) in [4.78, 5) is 11.3. The molecule has 1 heterocycles. The minimum absolute atomic E-state index is 0.164. The van der Waals surface area contributed by atoms with Crippen molar-refractivity contribution >= 4 is 17.4 Å². The van der Waals surface area contributed by atoms with Crippen LogP contribution in [0.1, 0.15) is 52.8 Å². The van der Waals surface area contributed by atoms with E-state index in [-0.39, 0.29) is 17.2 Å². The van der Waals surface area contributed by atoms with Crippen molar-refractivity contribution in [1.82, 2.24) is 9.78 Å². The molecule has 4 heteroatoms. The van der Waals surface area contributed by atoms with Crippen molar-refractivity contribution in [3.63, 3.8) is 0 Å². The van der Waals surface area contributed by atoms with Gasteiger partial charge in [0.05, 0.1) is 16.9 Å². The van der Waals surface area contributed by atoms with Crippen LogP contribution in [0.4, 0.5) is 0 Å². The van der Waals surface area contributed by atoms with Gasteiger partial charge in [-0.1, -0.05) is 25.4 Å². The Morgan fingerprint density at radius 3 is 2.56 bits per heavy atom. The molecular formula is C12H19ClN2O. The number of ketones is 1. The molecule has 0 aliphatic carbocycles. The highest BCUT2D eigenvalue weighted by Crippen LogP contribution is 2.34. The molecule has 0 saturated heterocycles. The molecule has 0 unspecified atom stereocenters. The lowest BCUT2D eigenvalue weighted by Gasteiger charge is -2.26. The summed E-state index contributed by atoms with van der Waals surface area (Å²) in [6.45, 7) is 9.76. The lowest BCUT2D eigenvalue weighted by atomic mass is 9.84. The maximum absolute atomic E-state index is 11.3. The Morgan fingerprint density at radius 2 is 2.12 bits per heavy atom. The predicted molar refractivity (Wildman–Crippen MR) is 65.9 cm³/mol. The van der Waals surface area contributed by atoms with Gasteiger partial charge in [-0.2, -0.15) is 5.10 Å². The number of hydrogen-bond acceptors (Lipinski definition) is 2. The van der Waals surface area contributed by atoms with E-state index < -0.39 is 0 Å². The fourth-order valence-corrected chi connectivity index (χ4v) is 2.46. The third-order valence-electron chi connectivity index (χ3n) is 2.57. The van der Waals surface area contributed by atoms with Crippen LogP contribution in [-0.4, -0.2) is 15.6 Å². The maximum atomic E-state index is 11.3. The van der Waals surface area contributed by atoms with Gasteiger partial charge >= 0.3 is 0 Å². The van der Waals surface area contributed by atoms with Crippen LogP contribution in [-0.2, 0) is 10.2 Å². The SMILES string of the molecule is CC(=O)CC(C)(C)c1c(Cl)cnn1C(C)C. The second-order valence-electron chi connectivity index (χ2n) is 5.14. The molecule has 0 saturated carbocycles. The van der Waals surface area contributed by atoms with Crippen LogP contribution in [0.2, 0.25) is 5.02 Å². The van der Waals surface area contributed by atoms with E-state index in [1.807, 2.05) is 18.5 Å². The topological polar surface area (TPSA) is 34.9 Å². The van der Waals surface area contributed by atoms with Gasteiger partial charge in [0.1, 0.15) is 5.78 Å². The summed E-state index contributed by atoms with van der Waals surface area (Å²) in [6, 6.07) is 0.244. The second-order valence-corrected chi connectivity index (χ2v) is 5.55. The van der Waals surface area contributed by atoms with Crippen molar-refractivity contribution in [3.05, 3.63) is 16.9 Å². The molecule has 90 valence electrons. The zero-order valence-corrected chi connectivity index (χ0v) is 11.3. The number of carbonyl (C=O) groups is 1. The number of rotatable bonds is 4. The van der Waals surface area contributed by atoms with E-state index in [0.717, 1.165) is 5.69 Å². The first-order chi connectivity index (χ1) is 7.25. The number of Topliss-reactive ketones (excluding diaryl/α,β-unsaturated/α-hetero) is 1. The van der Waals surface area contributed by atoms with Gasteiger partial charge in [-0.15, -0.1) is 0 Å². The highest BCUT2D eigenvalue weighted by Gasteiger charge is 2.30. The summed E-state index contributed by atoms with van der Waals surface area (Å²) in [7, 11) is 0. The summed E-state index contributed by atoms with van der Waals surface area (Å²) in [6.07, 6.45) is 2.13. The molecule has 1 rings (SSSR count). The van der Waals surface area contributed by atoms with E-state index >= 15 is 0 Å². The number of carbonyl (C=O) groups excluding carboxylic acids is 1. The fraction of sp³-hybridized carbons (Fsp3) is 0.667. The Hall–Kier alpha value is -0.830. The molecule has 1 aromatic rings. The average Bonchev–Trinajstić information content (AvgIpc) is 2.44. The summed E-state index contributed by atoms with van der Waals surface area (Å²) in [5.41, 5.74) is 0.670. The van der Waals surface area contributed by atoms with Gasteiger partial charge in [0.2, 0.25) is 0 Å². The quantitative estimate of drug-likeness (QED) is 0.811. The molecule has 0 N–H and O–H groups in total. The highest BCUT2D eigenvalue weighted by molar-refractivity contribution is 6.31. The highest BCUT2D eigenvalue weighted by atomic mass is 35.5. The van der Waals surface area contributed by atoms with Crippen LogP contribution < -0.4 is 0 Å². The standard InChI is InChI=1S/C12H19ClN2O/c1-8(2)15-11(10(13)7-14-15)12(4,5)6-9(3)16/h7-8H,6H2,1-5H3. The van der Waals surface area contributed by atoms with Crippen molar-refractivity contribution in [2.75, 3.05) is 0 Å². The lowest BCUT2D eigenvalue weighted by molar-refractivity contribution is -0.118. The van der Waals surface area contributed by atoms with Crippen molar-refractivity contribution in [1.29, 1.82) is 0 Å². The summed E-state index contributed by atoms with van der Waals surface area (Å²) in [5.74, 6) is 0.164. The first-order valence-corrected chi connectivity index (χ1v) is 5.86. The molecule has 0 fully saturated rings. The number of halogens is 1. The smallest absolute Gasteiger partial charge is 0.130 e. The van der Waals surface area contributed by atoms with E-state index in [1.165, 1.54) is 0 Å². The van der Waals surface area contributed by atoms with Crippen LogP contribution in [0.15, 0.2) is 6.20 Å². The van der Waals surface area contributed by atoms with Crippen LogP contribution in [0.5, 0.6) is 0 Å². The molecular weight excluding hydrogens is 224 g/mol. The molecule has 0 radical (unpaired) electrons. The first-order valence-electron chi connectivity index (χ1n) is 5.48. The normalized spacial score (nSPS) is 12.2. The molecule has 16 heavy (non-hydrogen) atoms. The first kappa shape index (κ1) is 13.2. The number of aromatic nitrogens is 2. The Morgan fingerprint density at radius 1 is 1.56 bits per heavy atom. The van der Waals surface area contributed by atoms with Crippen LogP contribution in [0.3, 0.4) is 0 Å².